The summed E-state index contributed by atoms with van der Waals surface area (Å²) in [5.41, 5.74) is 2.74. The van der Waals surface area contributed by atoms with E-state index in [4.69, 9.17) is 4.74 Å². The molecule has 3 rings (SSSR count). The van der Waals surface area contributed by atoms with Crippen molar-refractivity contribution in [2.45, 2.75) is 18.7 Å². The maximum absolute atomic E-state index is 12.8. The third kappa shape index (κ3) is 6.51. The van der Waals surface area contributed by atoms with Gasteiger partial charge in [0, 0.05) is 51.5 Å². The van der Waals surface area contributed by atoms with Gasteiger partial charge in [0.2, 0.25) is 10.0 Å². The van der Waals surface area contributed by atoms with Crippen LogP contribution in [0.25, 0.3) is 0 Å². The van der Waals surface area contributed by atoms with E-state index in [1.54, 1.807) is 13.2 Å². The monoisotopic (exact) mass is 431 g/mol. The highest BCUT2D eigenvalue weighted by atomic mass is 32.2. The Morgan fingerprint density at radius 2 is 1.83 bits per heavy atom. The van der Waals surface area contributed by atoms with Crippen molar-refractivity contribution in [3.05, 3.63) is 65.5 Å². The van der Waals surface area contributed by atoms with Gasteiger partial charge in [-0.25, -0.2) is 8.42 Å². The number of hydrogen-bond acceptors (Lipinski definition) is 5. The quantitative estimate of drug-likeness (QED) is 0.481. The van der Waals surface area contributed by atoms with Gasteiger partial charge in [-0.3, -0.25) is 9.98 Å². The molecule has 30 heavy (non-hydrogen) atoms. The molecular weight excluding hydrogens is 402 g/mol. The maximum atomic E-state index is 12.8. The van der Waals surface area contributed by atoms with Crippen LogP contribution in [0.5, 0.6) is 0 Å². The third-order valence-electron chi connectivity index (χ3n) is 4.89. The Morgan fingerprint density at radius 3 is 2.53 bits per heavy atom. The first-order valence-electron chi connectivity index (χ1n) is 10.1. The molecule has 1 aliphatic heterocycles. The fourth-order valence-electron chi connectivity index (χ4n) is 3.24. The molecule has 8 nitrogen and oxygen atoms in total. The van der Waals surface area contributed by atoms with Crippen molar-refractivity contribution in [1.82, 2.24) is 19.9 Å². The summed E-state index contributed by atoms with van der Waals surface area (Å²) in [6.45, 7) is 2.90. The first kappa shape index (κ1) is 22.2. The maximum Gasteiger partial charge on any atom is 0.218 e. The van der Waals surface area contributed by atoms with E-state index in [0.29, 0.717) is 45.4 Å². The van der Waals surface area contributed by atoms with Gasteiger partial charge in [0.15, 0.2) is 5.96 Å². The van der Waals surface area contributed by atoms with E-state index in [-0.39, 0.29) is 5.75 Å². The number of sulfonamides is 1. The number of aromatic nitrogens is 1. The highest BCUT2D eigenvalue weighted by molar-refractivity contribution is 7.88. The van der Waals surface area contributed by atoms with Crippen LogP contribution in [0.1, 0.15) is 16.8 Å². The molecule has 0 bridgehead atoms. The van der Waals surface area contributed by atoms with Crippen LogP contribution in [-0.4, -0.2) is 63.6 Å². The number of nitrogens with one attached hydrogen (secondary N) is 2. The number of nitrogens with zero attached hydrogens (tertiary/aromatic N) is 3. The number of guanidine groups is 1. The summed E-state index contributed by atoms with van der Waals surface area (Å²) in [5, 5.41) is 6.53. The standard InChI is InChI=1S/C21H29N5O3S/c1-22-21(24-11-9-20-8-4-5-10-23-20)25-16-18-6-2-3-7-19(18)17-30(27,28)26-12-14-29-15-13-26/h2-8,10H,9,11-17H2,1H3,(H2,22,24,25). The van der Waals surface area contributed by atoms with Crippen molar-refractivity contribution in [1.29, 1.82) is 0 Å². The fraction of sp³-hybridized carbons (Fsp3) is 0.429. The Morgan fingerprint density at radius 1 is 1.10 bits per heavy atom. The SMILES string of the molecule is CN=C(NCCc1ccccn1)NCc1ccccc1CS(=O)(=O)N1CCOCC1. The molecule has 0 atom stereocenters. The van der Waals surface area contributed by atoms with E-state index < -0.39 is 10.0 Å². The molecule has 2 aromatic rings. The molecule has 0 amide bonds. The Balaban J connectivity index is 1.56. The lowest BCUT2D eigenvalue weighted by Gasteiger charge is -2.26. The van der Waals surface area contributed by atoms with Gasteiger partial charge in [0.25, 0.3) is 0 Å². The van der Waals surface area contributed by atoms with E-state index in [1.165, 1.54) is 4.31 Å². The molecule has 9 heteroatoms. The minimum Gasteiger partial charge on any atom is -0.379 e. The number of pyridine rings is 1. The zero-order valence-corrected chi connectivity index (χ0v) is 18.1. The molecule has 0 unspecified atom stereocenters. The van der Waals surface area contributed by atoms with Gasteiger partial charge >= 0.3 is 0 Å². The van der Waals surface area contributed by atoms with Gasteiger partial charge in [-0.2, -0.15) is 4.31 Å². The fourth-order valence-corrected chi connectivity index (χ4v) is 4.80. The Labute approximate surface area is 178 Å². The summed E-state index contributed by atoms with van der Waals surface area (Å²) in [6.07, 6.45) is 2.57. The average Bonchev–Trinajstić information content (AvgIpc) is 2.78. The summed E-state index contributed by atoms with van der Waals surface area (Å²) in [4.78, 5) is 8.56. The topological polar surface area (TPSA) is 95.9 Å². The van der Waals surface area contributed by atoms with Crippen LogP contribution < -0.4 is 10.6 Å². The van der Waals surface area contributed by atoms with Crippen molar-refractivity contribution in [3.63, 3.8) is 0 Å². The van der Waals surface area contributed by atoms with Gasteiger partial charge < -0.3 is 15.4 Å². The lowest BCUT2D eigenvalue weighted by Crippen LogP contribution is -2.41. The first-order chi connectivity index (χ1) is 14.6. The molecule has 1 aromatic carbocycles. The number of benzene rings is 1. The molecule has 2 heterocycles. The summed E-state index contributed by atoms with van der Waals surface area (Å²) >= 11 is 0. The van der Waals surface area contributed by atoms with Crippen molar-refractivity contribution in [2.24, 2.45) is 4.99 Å². The van der Waals surface area contributed by atoms with E-state index in [2.05, 4.69) is 20.6 Å². The highest BCUT2D eigenvalue weighted by Crippen LogP contribution is 2.16. The molecule has 2 N–H and O–H groups in total. The Kier molecular flexibility index (Phi) is 8.18. The molecular formula is C21H29N5O3S. The largest absolute Gasteiger partial charge is 0.379 e. The van der Waals surface area contributed by atoms with Crippen LogP contribution >= 0.6 is 0 Å². The molecule has 1 saturated heterocycles. The van der Waals surface area contributed by atoms with Crippen LogP contribution in [0.15, 0.2) is 53.7 Å². The lowest BCUT2D eigenvalue weighted by atomic mass is 10.1. The van der Waals surface area contributed by atoms with Gasteiger partial charge in [-0.05, 0) is 23.3 Å². The molecule has 1 fully saturated rings. The van der Waals surface area contributed by atoms with Crippen LogP contribution in [0.2, 0.25) is 0 Å². The highest BCUT2D eigenvalue weighted by Gasteiger charge is 2.25. The van der Waals surface area contributed by atoms with Crippen molar-refractivity contribution >= 4 is 16.0 Å². The second-order valence-electron chi connectivity index (χ2n) is 6.96. The Bertz CT molecular complexity index is 929. The number of morpholine rings is 1. The summed E-state index contributed by atoms with van der Waals surface area (Å²) in [7, 11) is -1.66. The normalized spacial score (nSPS) is 15.7. The minimum atomic E-state index is -3.38. The second kappa shape index (κ2) is 11.1. The van der Waals surface area contributed by atoms with Crippen LogP contribution in [-0.2, 0) is 33.5 Å². The van der Waals surface area contributed by atoms with Crippen LogP contribution in [0, 0.1) is 0 Å². The summed E-state index contributed by atoms with van der Waals surface area (Å²) in [6, 6.07) is 13.5. The smallest absolute Gasteiger partial charge is 0.218 e. The third-order valence-corrected chi connectivity index (χ3v) is 6.72. The molecule has 1 aromatic heterocycles. The zero-order chi connectivity index (χ0) is 21.2. The molecule has 0 saturated carbocycles. The minimum absolute atomic E-state index is 0.0173. The number of rotatable bonds is 8. The van der Waals surface area contributed by atoms with Crippen molar-refractivity contribution in [2.75, 3.05) is 39.9 Å². The van der Waals surface area contributed by atoms with Gasteiger partial charge in [0.1, 0.15) is 0 Å². The molecule has 1 aliphatic rings. The van der Waals surface area contributed by atoms with E-state index in [1.807, 2.05) is 42.5 Å². The first-order valence-corrected chi connectivity index (χ1v) is 11.7. The summed E-state index contributed by atoms with van der Waals surface area (Å²) in [5.74, 6) is 0.646. The average molecular weight is 432 g/mol. The number of aliphatic imine (C=N–C) groups is 1. The van der Waals surface area contributed by atoms with Crippen molar-refractivity contribution < 1.29 is 13.2 Å². The van der Waals surface area contributed by atoms with Crippen molar-refractivity contribution in [3.8, 4) is 0 Å². The lowest BCUT2D eigenvalue weighted by molar-refractivity contribution is 0.0729. The zero-order valence-electron chi connectivity index (χ0n) is 17.3. The summed E-state index contributed by atoms with van der Waals surface area (Å²) < 4.78 is 32.4. The van der Waals surface area contributed by atoms with Gasteiger partial charge in [-0.1, -0.05) is 30.3 Å². The van der Waals surface area contributed by atoms with Crippen LogP contribution in [0.4, 0.5) is 0 Å². The molecule has 0 radical (unpaired) electrons. The van der Waals surface area contributed by atoms with Gasteiger partial charge in [-0.15, -0.1) is 0 Å². The molecule has 0 aliphatic carbocycles. The van der Waals surface area contributed by atoms with E-state index in [0.717, 1.165) is 23.2 Å². The molecule has 162 valence electrons. The van der Waals surface area contributed by atoms with E-state index >= 15 is 0 Å². The number of ether oxygens (including phenoxy) is 1. The molecule has 0 spiro atoms. The number of hydrogen-bond donors (Lipinski definition) is 2. The van der Waals surface area contributed by atoms with Crippen LogP contribution in [0.3, 0.4) is 0 Å². The van der Waals surface area contributed by atoms with Gasteiger partial charge in [0.05, 0.1) is 19.0 Å². The predicted molar refractivity (Wildman–Crippen MR) is 118 cm³/mol. The van der Waals surface area contributed by atoms with E-state index in [9.17, 15) is 8.42 Å². The predicted octanol–water partition coefficient (Wildman–Crippen LogP) is 1.15. The Hall–Kier alpha value is -2.49. The second-order valence-corrected chi connectivity index (χ2v) is 8.93.